The van der Waals surface area contributed by atoms with Crippen molar-refractivity contribution in [2.75, 3.05) is 6.61 Å². The third-order valence-electron chi connectivity index (χ3n) is 2.02. The average molecular weight is 197 g/mol. The molecule has 14 heavy (non-hydrogen) atoms. The molecule has 5 heteroatoms. The van der Waals surface area contributed by atoms with Gasteiger partial charge in [0.2, 0.25) is 0 Å². The van der Waals surface area contributed by atoms with Gasteiger partial charge in [-0.15, -0.1) is 0 Å². The zero-order chi connectivity index (χ0) is 10.7. The maximum atomic E-state index is 11.5. The summed E-state index contributed by atoms with van der Waals surface area (Å²) in [7, 11) is 1.71. The van der Waals surface area contributed by atoms with E-state index in [0.717, 1.165) is 11.3 Å². The molecule has 0 amide bonds. The SMILES string of the molecule is CCOC(=O)c1c(CN)c(C)nn1C. The van der Waals surface area contributed by atoms with Crippen molar-refractivity contribution in [3.63, 3.8) is 0 Å². The van der Waals surface area contributed by atoms with Crippen molar-refractivity contribution in [2.24, 2.45) is 12.8 Å². The summed E-state index contributed by atoms with van der Waals surface area (Å²) < 4.78 is 6.42. The van der Waals surface area contributed by atoms with Crippen LogP contribution in [0.15, 0.2) is 0 Å². The molecule has 2 N–H and O–H groups in total. The van der Waals surface area contributed by atoms with Crippen molar-refractivity contribution in [1.29, 1.82) is 0 Å². The maximum absolute atomic E-state index is 11.5. The molecular weight excluding hydrogens is 182 g/mol. The number of carbonyl (C=O) groups is 1. The molecule has 0 aromatic carbocycles. The van der Waals surface area contributed by atoms with Gasteiger partial charge < -0.3 is 10.5 Å². The fourth-order valence-electron chi connectivity index (χ4n) is 1.40. The highest BCUT2D eigenvalue weighted by atomic mass is 16.5. The predicted molar refractivity (Wildman–Crippen MR) is 51.8 cm³/mol. The van der Waals surface area contributed by atoms with Crippen molar-refractivity contribution in [1.82, 2.24) is 9.78 Å². The third kappa shape index (κ3) is 1.77. The molecule has 0 unspecified atom stereocenters. The number of aryl methyl sites for hydroxylation is 2. The summed E-state index contributed by atoms with van der Waals surface area (Å²) in [6.45, 7) is 4.25. The summed E-state index contributed by atoms with van der Waals surface area (Å²) in [6, 6.07) is 0. The summed E-state index contributed by atoms with van der Waals surface area (Å²) in [6.07, 6.45) is 0. The molecule has 5 nitrogen and oxygen atoms in total. The van der Waals surface area contributed by atoms with E-state index in [0.29, 0.717) is 18.8 Å². The van der Waals surface area contributed by atoms with Crippen LogP contribution in [0.1, 0.15) is 28.7 Å². The molecule has 0 aliphatic heterocycles. The first-order chi connectivity index (χ1) is 6.61. The summed E-state index contributed by atoms with van der Waals surface area (Å²) >= 11 is 0. The van der Waals surface area contributed by atoms with Crippen LogP contribution in [0.3, 0.4) is 0 Å². The molecular formula is C9H15N3O2. The Balaban J connectivity index is 3.11. The summed E-state index contributed by atoms with van der Waals surface area (Å²) in [5, 5.41) is 4.12. The quantitative estimate of drug-likeness (QED) is 0.710. The van der Waals surface area contributed by atoms with Crippen molar-refractivity contribution in [3.05, 3.63) is 17.0 Å². The Morgan fingerprint density at radius 3 is 2.79 bits per heavy atom. The maximum Gasteiger partial charge on any atom is 0.356 e. The van der Waals surface area contributed by atoms with Crippen LogP contribution in [0.2, 0.25) is 0 Å². The van der Waals surface area contributed by atoms with Crippen LogP contribution in [0.5, 0.6) is 0 Å². The predicted octanol–water partition coefficient (Wildman–Crippen LogP) is 0.364. The Kier molecular flexibility index (Phi) is 3.24. The lowest BCUT2D eigenvalue weighted by molar-refractivity contribution is 0.0512. The lowest BCUT2D eigenvalue weighted by atomic mass is 10.2. The molecule has 1 aromatic heterocycles. The normalized spacial score (nSPS) is 10.3. The average Bonchev–Trinajstić information content (AvgIpc) is 2.40. The van der Waals surface area contributed by atoms with E-state index in [2.05, 4.69) is 5.10 Å². The van der Waals surface area contributed by atoms with E-state index >= 15 is 0 Å². The van der Waals surface area contributed by atoms with Gasteiger partial charge in [-0.05, 0) is 13.8 Å². The largest absolute Gasteiger partial charge is 0.461 e. The molecule has 0 fully saturated rings. The van der Waals surface area contributed by atoms with E-state index in [9.17, 15) is 4.79 Å². The van der Waals surface area contributed by atoms with Gasteiger partial charge in [0.1, 0.15) is 0 Å². The van der Waals surface area contributed by atoms with Gasteiger partial charge in [0.15, 0.2) is 5.69 Å². The number of ether oxygens (including phenoxy) is 1. The monoisotopic (exact) mass is 197 g/mol. The molecule has 1 aromatic rings. The van der Waals surface area contributed by atoms with Gasteiger partial charge in [0.25, 0.3) is 0 Å². The Bertz CT molecular complexity index is 344. The van der Waals surface area contributed by atoms with Gasteiger partial charge in [0.05, 0.1) is 12.3 Å². The summed E-state index contributed by atoms with van der Waals surface area (Å²) in [5.74, 6) is -0.365. The van der Waals surface area contributed by atoms with Crippen LogP contribution in [0.4, 0.5) is 0 Å². The van der Waals surface area contributed by atoms with Crippen LogP contribution in [0, 0.1) is 6.92 Å². The summed E-state index contributed by atoms with van der Waals surface area (Å²) in [5.41, 5.74) is 7.52. The molecule has 0 aliphatic rings. The van der Waals surface area contributed by atoms with E-state index in [1.807, 2.05) is 6.92 Å². The lowest BCUT2D eigenvalue weighted by Gasteiger charge is -2.03. The zero-order valence-electron chi connectivity index (χ0n) is 8.70. The Hall–Kier alpha value is -1.36. The number of carbonyl (C=O) groups excluding carboxylic acids is 1. The summed E-state index contributed by atoms with van der Waals surface area (Å²) in [4.78, 5) is 11.5. The van der Waals surface area contributed by atoms with Crippen molar-refractivity contribution in [2.45, 2.75) is 20.4 Å². The molecule has 0 aliphatic carbocycles. The fourth-order valence-corrected chi connectivity index (χ4v) is 1.40. The third-order valence-corrected chi connectivity index (χ3v) is 2.02. The van der Waals surface area contributed by atoms with Crippen LogP contribution < -0.4 is 5.73 Å². The van der Waals surface area contributed by atoms with Crippen molar-refractivity contribution >= 4 is 5.97 Å². The standard InChI is InChI=1S/C9H15N3O2/c1-4-14-9(13)8-7(5-10)6(2)11-12(8)3/h4-5,10H2,1-3H3. The van der Waals surface area contributed by atoms with Gasteiger partial charge >= 0.3 is 5.97 Å². The second kappa shape index (κ2) is 4.23. The Morgan fingerprint density at radius 2 is 2.29 bits per heavy atom. The van der Waals surface area contributed by atoms with Crippen LogP contribution in [-0.2, 0) is 18.3 Å². The number of hydrogen-bond donors (Lipinski definition) is 1. The molecule has 0 saturated heterocycles. The smallest absolute Gasteiger partial charge is 0.356 e. The van der Waals surface area contributed by atoms with Crippen LogP contribution in [-0.4, -0.2) is 22.4 Å². The number of rotatable bonds is 3. The Labute approximate surface area is 82.8 Å². The number of nitrogens with zero attached hydrogens (tertiary/aromatic N) is 2. The molecule has 0 atom stereocenters. The number of aromatic nitrogens is 2. The van der Waals surface area contributed by atoms with Crippen molar-refractivity contribution in [3.8, 4) is 0 Å². The molecule has 0 spiro atoms. The highest BCUT2D eigenvalue weighted by molar-refractivity contribution is 5.89. The highest BCUT2D eigenvalue weighted by Gasteiger charge is 2.19. The van der Waals surface area contributed by atoms with Gasteiger partial charge in [-0.1, -0.05) is 0 Å². The van der Waals surface area contributed by atoms with Crippen LogP contribution in [0.25, 0.3) is 0 Å². The van der Waals surface area contributed by atoms with E-state index in [-0.39, 0.29) is 5.97 Å². The van der Waals surface area contributed by atoms with Gasteiger partial charge in [-0.3, -0.25) is 4.68 Å². The van der Waals surface area contributed by atoms with E-state index in [4.69, 9.17) is 10.5 Å². The topological polar surface area (TPSA) is 70.1 Å². The second-order valence-electron chi connectivity index (χ2n) is 2.96. The number of hydrogen-bond acceptors (Lipinski definition) is 4. The first kappa shape index (κ1) is 10.7. The second-order valence-corrected chi connectivity index (χ2v) is 2.96. The van der Waals surface area contributed by atoms with E-state index in [1.165, 1.54) is 4.68 Å². The highest BCUT2D eigenvalue weighted by Crippen LogP contribution is 2.13. The number of esters is 1. The minimum atomic E-state index is -0.365. The molecule has 0 radical (unpaired) electrons. The lowest BCUT2D eigenvalue weighted by Crippen LogP contribution is -2.14. The van der Waals surface area contributed by atoms with Crippen LogP contribution >= 0.6 is 0 Å². The van der Waals surface area contributed by atoms with Gasteiger partial charge in [0, 0.05) is 19.2 Å². The fraction of sp³-hybridized carbons (Fsp3) is 0.556. The molecule has 78 valence electrons. The van der Waals surface area contributed by atoms with E-state index in [1.54, 1.807) is 14.0 Å². The molecule has 0 saturated carbocycles. The first-order valence-electron chi connectivity index (χ1n) is 4.51. The molecule has 1 rings (SSSR count). The molecule has 1 heterocycles. The number of nitrogens with two attached hydrogens (primary N) is 1. The molecule has 0 bridgehead atoms. The first-order valence-corrected chi connectivity index (χ1v) is 4.51. The Morgan fingerprint density at radius 1 is 1.64 bits per heavy atom. The van der Waals surface area contributed by atoms with Gasteiger partial charge in [-0.25, -0.2) is 4.79 Å². The van der Waals surface area contributed by atoms with Crippen molar-refractivity contribution < 1.29 is 9.53 Å². The zero-order valence-corrected chi connectivity index (χ0v) is 8.70. The minimum absolute atomic E-state index is 0.299. The minimum Gasteiger partial charge on any atom is -0.461 e. The van der Waals surface area contributed by atoms with E-state index < -0.39 is 0 Å². The van der Waals surface area contributed by atoms with Gasteiger partial charge in [-0.2, -0.15) is 5.10 Å².